The highest BCUT2D eigenvalue weighted by molar-refractivity contribution is 5.99. The quantitative estimate of drug-likeness (QED) is 0.291. The van der Waals surface area contributed by atoms with Crippen LogP contribution >= 0.6 is 0 Å². The lowest BCUT2D eigenvalue weighted by Crippen LogP contribution is -2.45. The molecule has 0 heterocycles. The van der Waals surface area contributed by atoms with Crippen molar-refractivity contribution in [1.82, 2.24) is 0 Å². The molecule has 84 valence electrons. The van der Waals surface area contributed by atoms with Crippen molar-refractivity contribution >= 4 is 11.8 Å². The number of nitro groups is 1. The van der Waals surface area contributed by atoms with Gasteiger partial charge in [-0.25, -0.2) is 0 Å². The van der Waals surface area contributed by atoms with Crippen molar-refractivity contribution in [3.63, 3.8) is 0 Å². The second kappa shape index (κ2) is 3.96. The van der Waals surface area contributed by atoms with Crippen LogP contribution in [-0.4, -0.2) is 29.3 Å². The molecule has 1 saturated carbocycles. The summed E-state index contributed by atoms with van der Waals surface area (Å²) >= 11 is 0. The summed E-state index contributed by atoms with van der Waals surface area (Å²) in [6, 6.07) is 0. The van der Waals surface area contributed by atoms with E-state index < -0.39 is 22.3 Å². The molecule has 0 N–H and O–H groups in total. The molecule has 6 nitrogen and oxygen atoms in total. The van der Waals surface area contributed by atoms with Gasteiger partial charge in [-0.3, -0.25) is 19.7 Å². The number of hydrogen-bond acceptors (Lipinski definition) is 5. The van der Waals surface area contributed by atoms with Gasteiger partial charge in [-0.2, -0.15) is 0 Å². The molecule has 0 aromatic rings. The molecule has 1 aliphatic carbocycles. The third-order valence-corrected chi connectivity index (χ3v) is 2.87. The molecule has 0 aliphatic heterocycles. The lowest BCUT2D eigenvalue weighted by atomic mass is 9.76. The summed E-state index contributed by atoms with van der Waals surface area (Å²) in [7, 11) is 1.17. The van der Waals surface area contributed by atoms with Gasteiger partial charge in [0.2, 0.25) is 5.54 Å². The van der Waals surface area contributed by atoms with Gasteiger partial charge in [-0.1, -0.05) is 0 Å². The number of Topliss-reactive ketones (excluding diaryl/α,β-unsaturated/α-hetero) is 1. The van der Waals surface area contributed by atoms with Gasteiger partial charge in [-0.15, -0.1) is 0 Å². The lowest BCUT2D eigenvalue weighted by Gasteiger charge is -2.28. The Morgan fingerprint density at radius 3 is 2.73 bits per heavy atom. The molecule has 0 spiro atoms. The number of carbonyl (C=O) groups excluding carboxylic acids is 2. The van der Waals surface area contributed by atoms with Crippen molar-refractivity contribution in [2.75, 3.05) is 7.11 Å². The summed E-state index contributed by atoms with van der Waals surface area (Å²) < 4.78 is 4.45. The molecule has 0 aromatic heterocycles. The van der Waals surface area contributed by atoms with Crippen molar-refractivity contribution < 1.29 is 19.2 Å². The predicted molar refractivity (Wildman–Crippen MR) is 49.8 cm³/mol. The maximum Gasteiger partial charge on any atom is 0.316 e. The van der Waals surface area contributed by atoms with Gasteiger partial charge >= 0.3 is 5.97 Å². The first-order valence-electron chi connectivity index (χ1n) is 4.66. The van der Waals surface area contributed by atoms with E-state index in [4.69, 9.17) is 0 Å². The molecule has 1 rings (SSSR count). The molecular formula is C9H13NO5. The molecule has 15 heavy (non-hydrogen) atoms. The Morgan fingerprint density at radius 1 is 1.67 bits per heavy atom. The fraction of sp³-hybridized carbons (Fsp3) is 0.778. The van der Waals surface area contributed by atoms with E-state index in [2.05, 4.69) is 4.74 Å². The zero-order chi connectivity index (χ0) is 11.6. The van der Waals surface area contributed by atoms with Gasteiger partial charge in [0.1, 0.15) is 11.7 Å². The van der Waals surface area contributed by atoms with Gasteiger partial charge in [0.25, 0.3) is 0 Å². The van der Waals surface area contributed by atoms with Crippen molar-refractivity contribution in [3.8, 4) is 0 Å². The fourth-order valence-corrected chi connectivity index (χ4v) is 1.75. The largest absolute Gasteiger partial charge is 0.468 e. The monoisotopic (exact) mass is 215 g/mol. The zero-order valence-electron chi connectivity index (χ0n) is 8.69. The Kier molecular flexibility index (Phi) is 3.06. The predicted octanol–water partition coefficient (Wildman–Crippen LogP) is 0.564. The lowest BCUT2D eigenvalue weighted by molar-refractivity contribution is -0.569. The van der Waals surface area contributed by atoms with Crippen LogP contribution in [0.2, 0.25) is 0 Å². The van der Waals surface area contributed by atoms with E-state index in [0.717, 1.165) is 0 Å². The molecular weight excluding hydrogens is 202 g/mol. The van der Waals surface area contributed by atoms with Crippen LogP contribution in [0.5, 0.6) is 0 Å². The topological polar surface area (TPSA) is 86.5 Å². The Balaban J connectivity index is 2.85. The van der Waals surface area contributed by atoms with Crippen molar-refractivity contribution in [3.05, 3.63) is 10.1 Å². The fourth-order valence-electron chi connectivity index (χ4n) is 1.75. The van der Waals surface area contributed by atoms with Crippen molar-refractivity contribution in [1.29, 1.82) is 0 Å². The minimum absolute atomic E-state index is 0.0640. The second-order valence-corrected chi connectivity index (χ2v) is 4.00. The Labute approximate surface area is 86.7 Å². The number of methoxy groups -OCH3 is 1. The molecule has 2 unspecified atom stereocenters. The summed E-state index contributed by atoms with van der Waals surface area (Å²) in [4.78, 5) is 33.0. The van der Waals surface area contributed by atoms with Crippen LogP contribution in [0.1, 0.15) is 26.2 Å². The van der Waals surface area contributed by atoms with Crippen LogP contribution in [-0.2, 0) is 14.3 Å². The Hall–Kier alpha value is -1.46. The van der Waals surface area contributed by atoms with Gasteiger partial charge in [0.05, 0.1) is 7.11 Å². The van der Waals surface area contributed by atoms with Crippen LogP contribution in [0.25, 0.3) is 0 Å². The average molecular weight is 215 g/mol. The van der Waals surface area contributed by atoms with Gasteiger partial charge in [0.15, 0.2) is 0 Å². The van der Waals surface area contributed by atoms with Crippen LogP contribution in [0.3, 0.4) is 0 Å². The van der Waals surface area contributed by atoms with E-state index in [1.165, 1.54) is 14.0 Å². The first kappa shape index (κ1) is 11.6. The van der Waals surface area contributed by atoms with Crippen LogP contribution in [0, 0.1) is 16.0 Å². The number of ether oxygens (including phenoxy) is 1. The number of nitrogens with zero attached hydrogens (tertiary/aromatic N) is 1. The molecule has 0 saturated heterocycles. The Bertz CT molecular complexity index is 306. The minimum atomic E-state index is -1.19. The minimum Gasteiger partial charge on any atom is -0.468 e. The summed E-state index contributed by atoms with van der Waals surface area (Å²) in [5, 5.41) is 10.8. The average Bonchev–Trinajstić information content (AvgIpc) is 2.20. The maximum atomic E-state index is 11.4. The summed E-state index contributed by atoms with van der Waals surface area (Å²) in [5.74, 6) is -1.91. The van der Waals surface area contributed by atoms with Crippen LogP contribution in [0.4, 0.5) is 0 Å². The van der Waals surface area contributed by atoms with Gasteiger partial charge in [-0.05, 0) is 0 Å². The molecule has 1 aliphatic rings. The normalized spacial score (nSPS) is 31.1. The van der Waals surface area contributed by atoms with E-state index in [0.29, 0.717) is 0 Å². The molecule has 0 radical (unpaired) electrons. The first-order valence-corrected chi connectivity index (χ1v) is 4.66. The van der Waals surface area contributed by atoms with Crippen molar-refractivity contribution in [2.45, 2.75) is 31.7 Å². The SMILES string of the molecule is COC(=O)C1CC(C)([N+](=O)[O-])CCC1=O. The number of carbonyl (C=O) groups is 2. The molecule has 0 bridgehead atoms. The van der Waals surface area contributed by atoms with Gasteiger partial charge in [0, 0.05) is 31.1 Å². The number of ketones is 1. The van der Waals surface area contributed by atoms with E-state index in [1.54, 1.807) is 0 Å². The third kappa shape index (κ3) is 2.14. The van der Waals surface area contributed by atoms with Crippen LogP contribution < -0.4 is 0 Å². The zero-order valence-corrected chi connectivity index (χ0v) is 8.69. The van der Waals surface area contributed by atoms with E-state index in [-0.39, 0.29) is 25.0 Å². The second-order valence-electron chi connectivity index (χ2n) is 4.00. The van der Waals surface area contributed by atoms with E-state index >= 15 is 0 Å². The third-order valence-electron chi connectivity index (χ3n) is 2.87. The molecule has 0 amide bonds. The van der Waals surface area contributed by atoms with Crippen molar-refractivity contribution in [2.24, 2.45) is 5.92 Å². The van der Waals surface area contributed by atoms with Gasteiger partial charge < -0.3 is 4.74 Å². The number of rotatable bonds is 2. The molecule has 2 atom stereocenters. The Morgan fingerprint density at radius 2 is 2.27 bits per heavy atom. The highest BCUT2D eigenvalue weighted by Crippen LogP contribution is 2.32. The summed E-state index contributed by atoms with van der Waals surface area (Å²) in [5.41, 5.74) is -1.19. The molecule has 0 aromatic carbocycles. The number of hydrogen-bond donors (Lipinski definition) is 0. The summed E-state index contributed by atoms with van der Waals surface area (Å²) in [6.45, 7) is 1.45. The maximum absolute atomic E-state index is 11.4. The summed E-state index contributed by atoms with van der Waals surface area (Å²) in [6.07, 6.45) is 0.190. The van der Waals surface area contributed by atoms with Crippen LogP contribution in [0.15, 0.2) is 0 Å². The molecule has 6 heteroatoms. The van der Waals surface area contributed by atoms with E-state index in [9.17, 15) is 19.7 Å². The number of esters is 1. The smallest absolute Gasteiger partial charge is 0.316 e. The van der Waals surface area contributed by atoms with E-state index in [1.807, 2.05) is 0 Å². The standard InChI is InChI=1S/C9H13NO5/c1-9(10(13)14)4-3-7(11)6(5-9)8(12)15-2/h6H,3-5H2,1-2H3. The highest BCUT2D eigenvalue weighted by atomic mass is 16.6. The molecule has 1 fully saturated rings. The first-order chi connectivity index (χ1) is 6.90. The highest BCUT2D eigenvalue weighted by Gasteiger charge is 2.48.